The van der Waals surface area contributed by atoms with Crippen LogP contribution in [-0.4, -0.2) is 56.6 Å². The molecule has 10 heteroatoms. The van der Waals surface area contributed by atoms with Gasteiger partial charge in [0.25, 0.3) is 0 Å². The molecule has 184 valence electrons. The Kier molecular flexibility index (Phi) is 24.0. The van der Waals surface area contributed by atoms with Gasteiger partial charge in [0.2, 0.25) is 0 Å². The molecule has 1 unspecified atom stereocenters. The van der Waals surface area contributed by atoms with Gasteiger partial charge in [-0.25, -0.2) is 8.42 Å². The van der Waals surface area contributed by atoms with Crippen molar-refractivity contribution in [3.63, 3.8) is 0 Å². The molecule has 0 radical (unpaired) electrons. The summed E-state index contributed by atoms with van der Waals surface area (Å²) in [7, 11) is -4.98. The van der Waals surface area contributed by atoms with Crippen molar-refractivity contribution in [1.29, 1.82) is 0 Å². The quantitative estimate of drug-likeness (QED) is 0.0925. The summed E-state index contributed by atoms with van der Waals surface area (Å²) in [5, 5.41) is -2.04. The third-order valence-electron chi connectivity index (χ3n) is 4.67. The predicted octanol–water partition coefficient (Wildman–Crippen LogP) is 1.12. The molecule has 0 aromatic rings. The minimum Gasteiger partial charge on any atom is -0.747 e. The average Bonchev–Trinajstić information content (AvgIpc) is 3.59. The van der Waals surface area contributed by atoms with Crippen LogP contribution in [0.3, 0.4) is 0 Å². The molecule has 0 aromatic carbocycles. The number of carbonyl (C=O) groups is 2. The van der Waals surface area contributed by atoms with Crippen LogP contribution >= 0.6 is 0 Å². The standard InChI is InChI=1S/C20H38O7S.C2H4O.Na/c1-3-5-7-9-11-13-15-26-19(21)17-18(28(23,24)25)20(22)27-16-14-12-10-8-6-4-2;1-2-3-1;/h18H,3-17H2,1-2H3,(H,23,24,25);1-2H2;/q;;+1/p-1. The molecule has 1 fully saturated rings. The van der Waals surface area contributed by atoms with E-state index in [2.05, 4.69) is 18.6 Å². The van der Waals surface area contributed by atoms with Gasteiger partial charge in [-0.3, -0.25) is 9.59 Å². The fourth-order valence-electron chi connectivity index (χ4n) is 2.73. The number of ether oxygens (including phenoxy) is 3. The molecule has 1 atom stereocenters. The van der Waals surface area contributed by atoms with Crippen LogP contribution in [0, 0.1) is 0 Å². The van der Waals surface area contributed by atoms with Gasteiger partial charge in [-0.1, -0.05) is 78.1 Å². The van der Waals surface area contributed by atoms with Gasteiger partial charge in [-0.15, -0.1) is 0 Å². The first-order chi connectivity index (χ1) is 14.8. The van der Waals surface area contributed by atoms with Crippen molar-refractivity contribution in [2.75, 3.05) is 26.4 Å². The van der Waals surface area contributed by atoms with Crippen LogP contribution in [0.5, 0.6) is 0 Å². The molecular weight excluding hydrogens is 447 g/mol. The van der Waals surface area contributed by atoms with Gasteiger partial charge in [-0.05, 0) is 12.8 Å². The molecule has 0 bridgehead atoms. The van der Waals surface area contributed by atoms with Crippen LogP contribution in [0.1, 0.15) is 97.3 Å². The van der Waals surface area contributed by atoms with Crippen molar-refractivity contribution in [3.8, 4) is 0 Å². The van der Waals surface area contributed by atoms with E-state index in [-0.39, 0.29) is 42.8 Å². The van der Waals surface area contributed by atoms with Crippen molar-refractivity contribution in [2.24, 2.45) is 0 Å². The topological polar surface area (TPSA) is 122 Å². The molecular formula is C22H41NaO8S. The number of rotatable bonds is 18. The first kappa shape index (κ1) is 34.0. The monoisotopic (exact) mass is 488 g/mol. The molecule has 1 heterocycles. The zero-order valence-electron chi connectivity index (χ0n) is 20.3. The van der Waals surface area contributed by atoms with E-state index in [1.54, 1.807) is 0 Å². The average molecular weight is 489 g/mol. The maximum absolute atomic E-state index is 11.9. The van der Waals surface area contributed by atoms with Crippen LogP contribution in [0.25, 0.3) is 0 Å². The molecule has 1 aliphatic rings. The Morgan fingerprint density at radius 3 is 1.62 bits per heavy atom. The molecule has 0 saturated carbocycles. The predicted molar refractivity (Wildman–Crippen MR) is 118 cm³/mol. The van der Waals surface area contributed by atoms with E-state index in [0.717, 1.165) is 71.0 Å². The van der Waals surface area contributed by atoms with Crippen molar-refractivity contribution in [2.45, 2.75) is 103 Å². The summed E-state index contributed by atoms with van der Waals surface area (Å²) in [5.41, 5.74) is 0. The van der Waals surface area contributed by atoms with Gasteiger partial charge in [0, 0.05) is 0 Å². The molecule has 0 N–H and O–H groups in total. The Labute approximate surface area is 216 Å². The van der Waals surface area contributed by atoms with Crippen molar-refractivity contribution in [3.05, 3.63) is 0 Å². The van der Waals surface area contributed by atoms with Crippen LogP contribution in [0.15, 0.2) is 0 Å². The summed E-state index contributed by atoms with van der Waals surface area (Å²) in [6.07, 6.45) is 11.2. The van der Waals surface area contributed by atoms with Crippen LogP contribution in [0.2, 0.25) is 0 Å². The van der Waals surface area contributed by atoms with E-state index in [4.69, 9.17) is 9.47 Å². The maximum atomic E-state index is 11.9. The maximum Gasteiger partial charge on any atom is 1.00 e. The fourth-order valence-corrected chi connectivity index (χ4v) is 3.37. The summed E-state index contributed by atoms with van der Waals surface area (Å²) in [6.45, 7) is 6.44. The molecule has 0 spiro atoms. The van der Waals surface area contributed by atoms with Crippen LogP contribution in [-0.2, 0) is 33.9 Å². The molecule has 32 heavy (non-hydrogen) atoms. The van der Waals surface area contributed by atoms with E-state index in [9.17, 15) is 22.6 Å². The normalized spacial score (nSPS) is 13.2. The van der Waals surface area contributed by atoms with Gasteiger partial charge in [-0.2, -0.15) is 0 Å². The fraction of sp³-hybridized carbons (Fsp3) is 0.909. The van der Waals surface area contributed by atoms with Crippen LogP contribution in [0.4, 0.5) is 0 Å². The first-order valence-corrected chi connectivity index (χ1v) is 13.1. The largest absolute Gasteiger partial charge is 1.00 e. The number of esters is 2. The van der Waals surface area contributed by atoms with Gasteiger partial charge in [0.15, 0.2) is 5.25 Å². The van der Waals surface area contributed by atoms with E-state index >= 15 is 0 Å². The van der Waals surface area contributed by atoms with Gasteiger partial charge >= 0.3 is 41.5 Å². The van der Waals surface area contributed by atoms with E-state index in [1.165, 1.54) is 6.42 Å². The summed E-state index contributed by atoms with van der Waals surface area (Å²) in [4.78, 5) is 23.7. The number of carbonyl (C=O) groups excluding carboxylic acids is 2. The van der Waals surface area contributed by atoms with Crippen molar-refractivity contribution in [1.82, 2.24) is 0 Å². The van der Waals surface area contributed by atoms with E-state index in [0.29, 0.717) is 12.8 Å². The Bertz CT molecular complexity index is 564. The summed E-state index contributed by atoms with van der Waals surface area (Å²) >= 11 is 0. The summed E-state index contributed by atoms with van der Waals surface area (Å²) in [6, 6.07) is 0. The Balaban J connectivity index is 0. The second-order valence-electron chi connectivity index (χ2n) is 7.72. The smallest absolute Gasteiger partial charge is 0.747 e. The SMILES string of the molecule is C1CO1.CCCCCCCCOC(=O)CC(C(=O)OCCCCCCCC)S(=O)(=O)[O-].[Na+]. The number of hydrogen-bond acceptors (Lipinski definition) is 8. The number of unbranched alkanes of at least 4 members (excludes halogenated alkanes) is 10. The van der Waals surface area contributed by atoms with Gasteiger partial charge < -0.3 is 18.8 Å². The molecule has 0 aromatic heterocycles. The molecule has 0 aliphatic carbocycles. The minimum atomic E-state index is -4.98. The second kappa shape index (κ2) is 22.6. The summed E-state index contributed by atoms with van der Waals surface area (Å²) in [5.74, 6) is -2.03. The zero-order chi connectivity index (χ0) is 23.4. The molecule has 0 amide bonds. The summed E-state index contributed by atoms with van der Waals surface area (Å²) < 4.78 is 48.3. The first-order valence-electron chi connectivity index (χ1n) is 11.7. The van der Waals surface area contributed by atoms with Gasteiger partial charge in [0.05, 0.1) is 32.8 Å². The van der Waals surface area contributed by atoms with Crippen molar-refractivity contribution >= 4 is 22.1 Å². The zero-order valence-corrected chi connectivity index (χ0v) is 23.1. The molecule has 1 rings (SSSR count). The van der Waals surface area contributed by atoms with E-state index < -0.39 is 33.7 Å². The Hall–Kier alpha value is -0.190. The number of hydrogen-bond donors (Lipinski definition) is 0. The third-order valence-corrected chi connectivity index (χ3v) is 5.73. The number of epoxide rings is 1. The molecule has 1 aliphatic heterocycles. The van der Waals surface area contributed by atoms with Gasteiger partial charge in [0.1, 0.15) is 10.1 Å². The minimum absolute atomic E-state index is 0. The molecule has 1 saturated heterocycles. The molecule has 8 nitrogen and oxygen atoms in total. The van der Waals surface area contributed by atoms with Crippen LogP contribution < -0.4 is 29.6 Å². The Morgan fingerprint density at radius 2 is 1.22 bits per heavy atom. The Morgan fingerprint density at radius 1 is 0.812 bits per heavy atom. The van der Waals surface area contributed by atoms with E-state index in [1.807, 2.05) is 0 Å². The van der Waals surface area contributed by atoms with Crippen molar-refractivity contribution < 1.29 is 66.3 Å². The third kappa shape index (κ3) is 23.0. The second-order valence-corrected chi connectivity index (χ2v) is 9.28.